The molecule has 0 radical (unpaired) electrons. The average Bonchev–Trinajstić information content (AvgIpc) is 4.44. The van der Waals surface area contributed by atoms with Gasteiger partial charge in [-0.2, -0.15) is 0 Å². The van der Waals surface area contributed by atoms with Crippen LogP contribution in [0.5, 0.6) is 0 Å². The van der Waals surface area contributed by atoms with Gasteiger partial charge >= 0.3 is 0 Å². The van der Waals surface area contributed by atoms with E-state index in [-0.39, 0.29) is 32.9 Å². The Kier molecular flexibility index (Phi) is 7.95. The SMILES string of the molecule is CC12CC1(C)N(c1ccccc1)c1ccc(-c3cc(-c4ccccc4)c4ccc5c(-c6ccc7c(c6)C6(C)CC6(C)N7c6ccccc6)cc(-c6ccc7c(c6)C6(C)CC6(C)N7c6ccccc6)c6ccc3c4c56)cc12. The van der Waals surface area contributed by atoms with Crippen LogP contribution >= 0.6 is 0 Å². The molecule has 17 rings (SSSR count). The minimum Gasteiger partial charge on any atom is -0.334 e. The van der Waals surface area contributed by atoms with Gasteiger partial charge in [0, 0.05) is 50.4 Å². The van der Waals surface area contributed by atoms with Crippen LogP contribution in [0.4, 0.5) is 34.1 Å². The zero-order chi connectivity index (χ0) is 50.9. The molecular weight excluding hydrogens is 919 g/mol. The van der Waals surface area contributed by atoms with Crippen molar-refractivity contribution in [2.24, 2.45) is 0 Å². The summed E-state index contributed by atoms with van der Waals surface area (Å²) in [7, 11) is 0. The van der Waals surface area contributed by atoms with Crippen molar-refractivity contribution >= 4 is 66.4 Å². The zero-order valence-electron chi connectivity index (χ0n) is 44.2. The number of hydrogen-bond donors (Lipinski definition) is 0. The first-order valence-electron chi connectivity index (χ1n) is 27.7. The van der Waals surface area contributed by atoms with E-state index in [0.717, 1.165) is 19.3 Å². The van der Waals surface area contributed by atoms with Crippen molar-refractivity contribution < 1.29 is 0 Å². The van der Waals surface area contributed by atoms with E-state index in [1.165, 1.54) is 128 Å². The Morgan fingerprint density at radius 1 is 0.276 bits per heavy atom. The number of fused-ring (bicyclic) bond motifs is 9. The first-order chi connectivity index (χ1) is 36.9. The Labute approximate surface area is 446 Å². The van der Waals surface area contributed by atoms with Crippen LogP contribution in [0.3, 0.4) is 0 Å². The summed E-state index contributed by atoms with van der Waals surface area (Å²) in [4.78, 5) is 7.89. The molecule has 3 aliphatic carbocycles. The summed E-state index contributed by atoms with van der Waals surface area (Å²) >= 11 is 0. The van der Waals surface area contributed by atoms with E-state index in [1.54, 1.807) is 0 Å². The van der Waals surface area contributed by atoms with Gasteiger partial charge in [-0.3, -0.25) is 0 Å². The maximum absolute atomic E-state index is 2.63. The average molecular weight is 978 g/mol. The van der Waals surface area contributed by atoms with Crippen LogP contribution in [0.1, 0.15) is 77.5 Å². The third-order valence-electron chi connectivity index (χ3n) is 21.2. The molecule has 0 saturated heterocycles. The highest BCUT2D eigenvalue weighted by molar-refractivity contribution is 6.32. The summed E-state index contributed by atoms with van der Waals surface area (Å²) in [6, 6.07) is 81.5. The lowest BCUT2D eigenvalue weighted by molar-refractivity contribution is 0.639. The lowest BCUT2D eigenvalue weighted by atomic mass is 9.81. The highest BCUT2D eigenvalue weighted by atomic mass is 15.3. The predicted octanol–water partition coefficient (Wildman–Crippen LogP) is 19.0. The number of anilines is 6. The molecule has 3 saturated carbocycles. The van der Waals surface area contributed by atoms with Gasteiger partial charge in [-0.05, 0) is 218 Å². The van der Waals surface area contributed by atoms with Gasteiger partial charge in [0.15, 0.2) is 0 Å². The Balaban J connectivity index is 0.929. The summed E-state index contributed by atoms with van der Waals surface area (Å²) in [6.45, 7) is 14.9. The molecular formula is C73H59N3. The maximum Gasteiger partial charge on any atom is 0.0528 e. The second kappa shape index (κ2) is 14.0. The van der Waals surface area contributed by atoms with Gasteiger partial charge in [0.1, 0.15) is 0 Å². The third-order valence-corrected chi connectivity index (χ3v) is 21.2. The van der Waals surface area contributed by atoms with E-state index in [4.69, 9.17) is 0 Å². The lowest BCUT2D eigenvalue weighted by Gasteiger charge is -2.29. The number of para-hydroxylation sites is 3. The molecule has 3 aliphatic heterocycles. The molecule has 0 bridgehead atoms. The minimum atomic E-state index is 0.0335. The topological polar surface area (TPSA) is 9.72 Å². The monoisotopic (exact) mass is 977 g/mol. The van der Waals surface area contributed by atoms with Crippen molar-refractivity contribution in [3.05, 3.63) is 229 Å². The normalized spacial score (nSPS) is 26.9. The molecule has 0 amide bonds. The largest absolute Gasteiger partial charge is 0.334 e. The summed E-state index contributed by atoms with van der Waals surface area (Å²) in [6.07, 6.45) is 3.41. The molecule has 3 heteroatoms. The lowest BCUT2D eigenvalue weighted by Crippen LogP contribution is -2.30. The van der Waals surface area contributed by atoms with Gasteiger partial charge in [-0.1, -0.05) is 148 Å². The van der Waals surface area contributed by atoms with E-state index in [2.05, 4.69) is 269 Å². The van der Waals surface area contributed by atoms with Crippen LogP contribution in [-0.2, 0) is 16.2 Å². The van der Waals surface area contributed by atoms with E-state index < -0.39 is 0 Å². The Morgan fingerprint density at radius 2 is 0.553 bits per heavy atom. The van der Waals surface area contributed by atoms with Crippen LogP contribution in [-0.4, -0.2) is 16.6 Å². The minimum absolute atomic E-state index is 0.0335. The van der Waals surface area contributed by atoms with Gasteiger partial charge in [-0.15, -0.1) is 0 Å². The Hall–Kier alpha value is -8.14. The van der Waals surface area contributed by atoms with Crippen molar-refractivity contribution in [1.29, 1.82) is 0 Å². The molecule has 0 N–H and O–H groups in total. The van der Waals surface area contributed by atoms with Gasteiger partial charge in [-0.25, -0.2) is 0 Å². The van der Waals surface area contributed by atoms with E-state index in [9.17, 15) is 0 Å². The molecule has 3 heterocycles. The predicted molar refractivity (Wildman–Crippen MR) is 319 cm³/mol. The molecule has 3 nitrogen and oxygen atoms in total. The molecule has 76 heavy (non-hydrogen) atoms. The van der Waals surface area contributed by atoms with Gasteiger partial charge in [0.25, 0.3) is 0 Å². The van der Waals surface area contributed by atoms with Gasteiger partial charge < -0.3 is 14.7 Å². The summed E-state index contributed by atoms with van der Waals surface area (Å²) in [5, 5.41) is 7.91. The van der Waals surface area contributed by atoms with Crippen LogP contribution < -0.4 is 14.7 Å². The molecule has 11 aromatic rings. The molecule has 3 fully saturated rings. The molecule has 6 atom stereocenters. The highest BCUT2D eigenvalue weighted by Gasteiger charge is 2.72. The summed E-state index contributed by atoms with van der Waals surface area (Å²) < 4.78 is 0. The third kappa shape index (κ3) is 5.15. The summed E-state index contributed by atoms with van der Waals surface area (Å²) in [5.41, 5.74) is 22.7. The first-order valence-corrected chi connectivity index (χ1v) is 27.7. The quantitative estimate of drug-likeness (QED) is 0.147. The van der Waals surface area contributed by atoms with Crippen LogP contribution in [0.25, 0.3) is 76.8 Å². The van der Waals surface area contributed by atoms with Crippen LogP contribution in [0.15, 0.2) is 212 Å². The van der Waals surface area contributed by atoms with Crippen molar-refractivity contribution in [3.63, 3.8) is 0 Å². The van der Waals surface area contributed by atoms with Crippen LogP contribution in [0.2, 0.25) is 0 Å². The number of benzene rings is 11. The molecule has 6 aliphatic rings. The maximum atomic E-state index is 2.63. The van der Waals surface area contributed by atoms with Crippen molar-refractivity contribution in [1.82, 2.24) is 0 Å². The zero-order valence-corrected chi connectivity index (χ0v) is 44.2. The van der Waals surface area contributed by atoms with E-state index >= 15 is 0 Å². The fraction of sp³-hybridized carbons (Fsp3) is 0.205. The number of nitrogens with zero attached hydrogens (tertiary/aromatic N) is 3. The van der Waals surface area contributed by atoms with Crippen molar-refractivity contribution in [3.8, 4) is 44.5 Å². The van der Waals surface area contributed by atoms with Crippen molar-refractivity contribution in [2.45, 2.75) is 93.7 Å². The van der Waals surface area contributed by atoms with E-state index in [0.29, 0.717) is 0 Å². The second-order valence-corrected chi connectivity index (χ2v) is 24.9. The fourth-order valence-electron chi connectivity index (χ4n) is 16.5. The highest BCUT2D eigenvalue weighted by Crippen LogP contribution is 2.73. The number of rotatable bonds is 7. The first kappa shape index (κ1) is 43.1. The molecule has 6 unspecified atom stereocenters. The number of hydrogen-bond acceptors (Lipinski definition) is 3. The van der Waals surface area contributed by atoms with Gasteiger partial charge in [0.05, 0.1) is 16.6 Å². The Bertz CT molecular complexity index is 4180. The Morgan fingerprint density at radius 3 is 0.855 bits per heavy atom. The molecule has 366 valence electrons. The second-order valence-electron chi connectivity index (χ2n) is 24.9. The molecule has 11 aromatic carbocycles. The fourth-order valence-corrected chi connectivity index (χ4v) is 16.5. The van der Waals surface area contributed by atoms with E-state index in [1.807, 2.05) is 0 Å². The van der Waals surface area contributed by atoms with Crippen molar-refractivity contribution in [2.75, 3.05) is 14.7 Å². The summed E-state index contributed by atoms with van der Waals surface area (Å²) in [5.74, 6) is 0. The molecule has 0 aromatic heterocycles. The molecule has 0 spiro atoms. The smallest absolute Gasteiger partial charge is 0.0528 e. The van der Waals surface area contributed by atoms with Gasteiger partial charge in [0.2, 0.25) is 0 Å². The standard InChI is InChI=1S/C73H59N3/c1-68-42-71(68,4)74(49-21-13-8-14-22-49)63-34-27-46(37-60(63)68)57-40-56(45-19-11-7-12-20-45)52-30-31-54-58(47-28-35-64-61(38-47)69(2)43-72(69,5)75(64)50-23-15-9-16-24-50)41-59(55-33-32-53(57)66(52)67(54)55)48-29-36-65-62(39-48)70(3)44-73(70,6)76(65)51-25-17-10-18-26-51/h7-41H,42-44H2,1-6H3. The van der Waals surface area contributed by atoms with Crippen LogP contribution in [0, 0.1) is 0 Å².